The first-order valence-corrected chi connectivity index (χ1v) is 10.1. The molecule has 0 atom stereocenters. The smallest absolute Gasteiger partial charge is 0.253 e. The number of nitrogens with one attached hydrogen (secondary N) is 1. The summed E-state index contributed by atoms with van der Waals surface area (Å²) < 4.78 is 18.3. The summed E-state index contributed by atoms with van der Waals surface area (Å²) in [4.78, 5) is 14.1. The van der Waals surface area contributed by atoms with Crippen molar-refractivity contribution in [3.8, 4) is 17.2 Å². The first-order chi connectivity index (χ1) is 14.0. The van der Waals surface area contributed by atoms with Gasteiger partial charge in [0.15, 0.2) is 11.5 Å². The summed E-state index contributed by atoms with van der Waals surface area (Å²) in [5, 5.41) is 5.06. The third kappa shape index (κ3) is 4.40. The molecule has 0 unspecified atom stereocenters. The van der Waals surface area contributed by atoms with E-state index in [1.807, 2.05) is 38.1 Å². The lowest BCUT2D eigenvalue weighted by Crippen LogP contribution is -2.23. The van der Waals surface area contributed by atoms with E-state index in [4.69, 9.17) is 14.2 Å². The molecule has 0 aliphatic carbocycles. The molecule has 0 aliphatic heterocycles. The Morgan fingerprint density at radius 3 is 2.31 bits per heavy atom. The van der Waals surface area contributed by atoms with Crippen molar-refractivity contribution < 1.29 is 19.0 Å². The number of hydrogen-bond acceptors (Lipinski definition) is 5. The van der Waals surface area contributed by atoms with E-state index in [0.29, 0.717) is 29.4 Å². The van der Waals surface area contributed by atoms with Gasteiger partial charge in [0.05, 0.1) is 33.4 Å². The predicted molar refractivity (Wildman–Crippen MR) is 115 cm³/mol. The molecule has 0 fully saturated rings. The second-order valence-electron chi connectivity index (χ2n) is 6.67. The van der Waals surface area contributed by atoms with Crippen molar-refractivity contribution in [2.75, 3.05) is 21.3 Å². The average Bonchev–Trinajstić information content (AvgIpc) is 3.34. The predicted octanol–water partition coefficient (Wildman–Crippen LogP) is 4.17. The quantitative estimate of drug-likeness (QED) is 0.601. The highest BCUT2D eigenvalue weighted by Crippen LogP contribution is 2.38. The molecule has 1 aromatic carbocycles. The lowest BCUT2D eigenvalue weighted by atomic mass is 10.1. The van der Waals surface area contributed by atoms with Gasteiger partial charge in [0.2, 0.25) is 5.75 Å². The van der Waals surface area contributed by atoms with E-state index in [0.717, 1.165) is 23.5 Å². The van der Waals surface area contributed by atoms with Crippen LogP contribution in [0.15, 0.2) is 35.7 Å². The van der Waals surface area contributed by atoms with E-state index in [1.165, 1.54) is 4.88 Å². The lowest BCUT2D eigenvalue weighted by Gasteiger charge is -2.14. The monoisotopic (exact) mass is 414 g/mol. The van der Waals surface area contributed by atoms with Gasteiger partial charge in [0, 0.05) is 22.8 Å². The number of nitrogens with zero attached hydrogens (tertiary/aromatic N) is 1. The average molecular weight is 415 g/mol. The van der Waals surface area contributed by atoms with Crippen LogP contribution in [0.2, 0.25) is 0 Å². The molecular weight excluding hydrogens is 388 g/mol. The number of methoxy groups -OCH3 is 3. The highest BCUT2D eigenvalue weighted by atomic mass is 32.1. The van der Waals surface area contributed by atoms with Gasteiger partial charge in [-0.1, -0.05) is 6.07 Å². The molecule has 1 amide bonds. The molecule has 6 nitrogen and oxygen atoms in total. The first-order valence-electron chi connectivity index (χ1n) is 9.24. The van der Waals surface area contributed by atoms with Gasteiger partial charge in [-0.25, -0.2) is 0 Å². The number of hydrogen-bond donors (Lipinski definition) is 1. The Kier molecular flexibility index (Phi) is 6.49. The van der Waals surface area contributed by atoms with Crippen molar-refractivity contribution in [1.29, 1.82) is 0 Å². The molecule has 2 aromatic heterocycles. The number of amides is 1. The van der Waals surface area contributed by atoms with Crippen molar-refractivity contribution in [3.05, 3.63) is 63.1 Å². The minimum absolute atomic E-state index is 0.107. The van der Waals surface area contributed by atoms with Gasteiger partial charge < -0.3 is 24.1 Å². The zero-order valence-corrected chi connectivity index (χ0v) is 18.2. The molecule has 0 spiro atoms. The van der Waals surface area contributed by atoms with Crippen LogP contribution in [-0.4, -0.2) is 31.8 Å². The number of benzene rings is 1. The van der Waals surface area contributed by atoms with Gasteiger partial charge in [0.1, 0.15) is 0 Å². The first kappa shape index (κ1) is 20.8. The minimum Gasteiger partial charge on any atom is -0.493 e. The summed E-state index contributed by atoms with van der Waals surface area (Å²) in [5.74, 6) is 1.54. The van der Waals surface area contributed by atoms with Gasteiger partial charge in [0.25, 0.3) is 5.91 Å². The molecule has 0 aliphatic rings. The fraction of sp³-hybridized carbons (Fsp3) is 0.318. The summed E-state index contributed by atoms with van der Waals surface area (Å²) in [5.41, 5.74) is 3.57. The summed E-state index contributed by atoms with van der Waals surface area (Å²) >= 11 is 1.71. The number of thiophene rings is 1. The summed E-state index contributed by atoms with van der Waals surface area (Å²) in [6.07, 6.45) is 0. The molecule has 1 N–H and O–H groups in total. The van der Waals surface area contributed by atoms with E-state index in [9.17, 15) is 4.79 Å². The maximum Gasteiger partial charge on any atom is 0.253 e. The maximum absolute atomic E-state index is 12.8. The highest BCUT2D eigenvalue weighted by Gasteiger charge is 2.17. The molecular formula is C22H26N2O4S. The fourth-order valence-corrected chi connectivity index (χ4v) is 4.04. The zero-order chi connectivity index (χ0) is 21.0. The van der Waals surface area contributed by atoms with E-state index in [2.05, 4.69) is 21.3 Å². The van der Waals surface area contributed by atoms with E-state index < -0.39 is 0 Å². The number of rotatable bonds is 8. The van der Waals surface area contributed by atoms with Gasteiger partial charge in [-0.15, -0.1) is 11.3 Å². The Labute approximate surface area is 175 Å². The SMILES string of the molecule is COc1cc(CNC(=O)c2cc(C)n(Cc3cccs3)c2C)cc(OC)c1OC. The van der Waals surface area contributed by atoms with Crippen LogP contribution in [-0.2, 0) is 13.1 Å². The van der Waals surface area contributed by atoms with Crippen LogP contribution in [0.4, 0.5) is 0 Å². The molecule has 0 saturated carbocycles. The third-order valence-electron chi connectivity index (χ3n) is 4.89. The normalized spacial score (nSPS) is 10.7. The number of carbonyl (C=O) groups excluding carboxylic acids is 1. The van der Waals surface area contributed by atoms with E-state index in [1.54, 1.807) is 32.7 Å². The Morgan fingerprint density at radius 2 is 1.76 bits per heavy atom. The number of carbonyl (C=O) groups is 1. The summed E-state index contributed by atoms with van der Waals surface area (Å²) in [6.45, 7) is 5.13. The molecule has 0 radical (unpaired) electrons. The molecule has 3 rings (SSSR count). The lowest BCUT2D eigenvalue weighted by molar-refractivity contribution is 0.0950. The molecule has 2 heterocycles. The van der Waals surface area contributed by atoms with Crippen LogP contribution >= 0.6 is 11.3 Å². The highest BCUT2D eigenvalue weighted by molar-refractivity contribution is 7.09. The van der Waals surface area contributed by atoms with Crippen molar-refractivity contribution in [2.24, 2.45) is 0 Å². The number of aromatic nitrogens is 1. The van der Waals surface area contributed by atoms with Crippen molar-refractivity contribution in [2.45, 2.75) is 26.9 Å². The Morgan fingerprint density at radius 1 is 1.07 bits per heavy atom. The largest absolute Gasteiger partial charge is 0.493 e. The van der Waals surface area contributed by atoms with E-state index in [-0.39, 0.29) is 5.91 Å². The second kappa shape index (κ2) is 9.05. The van der Waals surface area contributed by atoms with Crippen LogP contribution in [0.1, 0.15) is 32.2 Å². The zero-order valence-electron chi connectivity index (χ0n) is 17.4. The molecule has 3 aromatic rings. The standard InChI is InChI=1S/C22H26N2O4S/c1-14-9-18(15(2)24(14)13-17-7-6-8-29-17)22(25)23-12-16-10-19(26-3)21(28-5)20(11-16)27-4/h6-11H,12-13H2,1-5H3,(H,23,25). The molecule has 29 heavy (non-hydrogen) atoms. The number of aryl methyl sites for hydroxylation is 1. The summed E-state index contributed by atoms with van der Waals surface area (Å²) in [6, 6.07) is 9.75. The van der Waals surface area contributed by atoms with Gasteiger partial charge >= 0.3 is 0 Å². The minimum atomic E-state index is -0.107. The van der Waals surface area contributed by atoms with Crippen LogP contribution < -0.4 is 19.5 Å². The van der Waals surface area contributed by atoms with Crippen molar-refractivity contribution in [3.63, 3.8) is 0 Å². The Balaban J connectivity index is 1.76. The maximum atomic E-state index is 12.8. The summed E-state index contributed by atoms with van der Waals surface area (Å²) in [7, 11) is 4.71. The fourth-order valence-electron chi connectivity index (χ4n) is 3.35. The van der Waals surface area contributed by atoms with Crippen molar-refractivity contribution in [1.82, 2.24) is 9.88 Å². The Bertz CT molecular complexity index is 968. The Hall–Kier alpha value is -2.93. The van der Waals surface area contributed by atoms with Gasteiger partial charge in [-0.05, 0) is 49.1 Å². The third-order valence-corrected chi connectivity index (χ3v) is 5.75. The van der Waals surface area contributed by atoms with Crippen LogP contribution in [0, 0.1) is 13.8 Å². The van der Waals surface area contributed by atoms with Gasteiger partial charge in [-0.2, -0.15) is 0 Å². The van der Waals surface area contributed by atoms with Crippen LogP contribution in [0.3, 0.4) is 0 Å². The molecule has 0 bridgehead atoms. The second-order valence-corrected chi connectivity index (χ2v) is 7.70. The topological polar surface area (TPSA) is 61.7 Å². The number of ether oxygens (including phenoxy) is 3. The van der Waals surface area contributed by atoms with E-state index >= 15 is 0 Å². The van der Waals surface area contributed by atoms with Crippen LogP contribution in [0.25, 0.3) is 0 Å². The molecule has 0 saturated heterocycles. The molecule has 154 valence electrons. The van der Waals surface area contributed by atoms with Gasteiger partial charge in [-0.3, -0.25) is 4.79 Å². The van der Waals surface area contributed by atoms with Crippen LogP contribution in [0.5, 0.6) is 17.2 Å². The molecule has 7 heteroatoms. The van der Waals surface area contributed by atoms with Crippen molar-refractivity contribution >= 4 is 17.2 Å².